The summed E-state index contributed by atoms with van der Waals surface area (Å²) in [6.45, 7) is 8.06. The maximum absolute atomic E-state index is 11.5. The molecule has 0 bridgehead atoms. The number of carbonyl (C=O) groups is 1. The van der Waals surface area contributed by atoms with Gasteiger partial charge in [0.1, 0.15) is 0 Å². The monoisotopic (exact) mass is 343 g/mol. The summed E-state index contributed by atoms with van der Waals surface area (Å²) in [5.74, 6) is 1.32. The second-order valence-corrected chi connectivity index (χ2v) is 6.48. The number of hydrogen-bond acceptors (Lipinski definition) is 6. The summed E-state index contributed by atoms with van der Waals surface area (Å²) < 4.78 is 5.49. The van der Waals surface area contributed by atoms with Crippen molar-refractivity contribution in [1.82, 2.24) is 25.3 Å². The number of aryl methyl sites for hydroxylation is 1. The van der Waals surface area contributed by atoms with Crippen molar-refractivity contribution in [3.63, 3.8) is 0 Å². The number of benzene rings is 1. The fourth-order valence-corrected chi connectivity index (χ4v) is 2.97. The third-order valence-electron chi connectivity index (χ3n) is 4.71. The lowest BCUT2D eigenvalue weighted by Gasteiger charge is -2.36. The molecule has 1 aromatic heterocycles. The molecule has 0 saturated carbocycles. The lowest BCUT2D eigenvalue weighted by atomic mass is 10.1. The van der Waals surface area contributed by atoms with Gasteiger partial charge in [0.05, 0.1) is 12.6 Å². The summed E-state index contributed by atoms with van der Waals surface area (Å²) in [4.78, 5) is 20.5. The average Bonchev–Trinajstić information content (AvgIpc) is 3.12. The van der Waals surface area contributed by atoms with Crippen LogP contribution in [0.5, 0.6) is 0 Å². The zero-order valence-electron chi connectivity index (χ0n) is 15.0. The summed E-state index contributed by atoms with van der Waals surface area (Å²) in [7, 11) is 1.67. The van der Waals surface area contributed by atoms with E-state index in [1.165, 1.54) is 5.56 Å². The largest absolute Gasteiger partial charge is 0.358 e. The zero-order chi connectivity index (χ0) is 17.8. The maximum atomic E-state index is 11.5. The number of amides is 1. The fourth-order valence-electron chi connectivity index (χ4n) is 2.97. The molecule has 1 saturated heterocycles. The maximum Gasteiger partial charge on any atom is 0.244 e. The van der Waals surface area contributed by atoms with E-state index in [1.54, 1.807) is 7.05 Å². The van der Waals surface area contributed by atoms with E-state index >= 15 is 0 Å². The molecule has 1 N–H and O–H groups in total. The van der Waals surface area contributed by atoms with Gasteiger partial charge < -0.3 is 9.84 Å². The van der Waals surface area contributed by atoms with Gasteiger partial charge in [0.25, 0.3) is 0 Å². The molecule has 1 atom stereocenters. The predicted molar refractivity (Wildman–Crippen MR) is 95.0 cm³/mol. The Morgan fingerprint density at radius 3 is 2.56 bits per heavy atom. The van der Waals surface area contributed by atoms with E-state index in [4.69, 9.17) is 4.52 Å². The van der Waals surface area contributed by atoms with Gasteiger partial charge in [-0.05, 0) is 13.8 Å². The molecule has 2 aromatic rings. The van der Waals surface area contributed by atoms with Crippen LogP contribution < -0.4 is 5.32 Å². The van der Waals surface area contributed by atoms with E-state index in [9.17, 15) is 4.79 Å². The Balaban J connectivity index is 1.60. The number of nitrogens with one attached hydrogen (secondary N) is 1. The van der Waals surface area contributed by atoms with Gasteiger partial charge in [0.15, 0.2) is 0 Å². The minimum atomic E-state index is 0.0566. The first-order valence-electron chi connectivity index (χ1n) is 8.64. The fraction of sp³-hybridized carbons (Fsp3) is 0.500. The lowest BCUT2D eigenvalue weighted by Crippen LogP contribution is -2.49. The van der Waals surface area contributed by atoms with Gasteiger partial charge in [-0.15, -0.1) is 0 Å². The number of likely N-dealkylation sites (N-methyl/N-ethyl adjacent to an activating group) is 1. The second-order valence-electron chi connectivity index (χ2n) is 6.48. The summed E-state index contributed by atoms with van der Waals surface area (Å²) in [5.41, 5.74) is 2.17. The molecule has 134 valence electrons. The number of piperazine rings is 1. The highest BCUT2D eigenvalue weighted by Gasteiger charge is 2.26. The van der Waals surface area contributed by atoms with Gasteiger partial charge >= 0.3 is 0 Å². The van der Waals surface area contributed by atoms with Crippen molar-refractivity contribution in [2.24, 2.45) is 0 Å². The molecular formula is C18H25N5O2. The minimum absolute atomic E-state index is 0.0566. The number of hydrogen-bond donors (Lipinski definition) is 1. The van der Waals surface area contributed by atoms with Crippen molar-refractivity contribution in [3.8, 4) is 11.4 Å². The third kappa shape index (κ3) is 4.24. The van der Waals surface area contributed by atoms with E-state index in [-0.39, 0.29) is 11.9 Å². The Morgan fingerprint density at radius 1 is 1.24 bits per heavy atom. The van der Waals surface area contributed by atoms with Gasteiger partial charge in [-0.1, -0.05) is 35.0 Å². The molecule has 2 heterocycles. The Kier molecular flexibility index (Phi) is 5.45. The van der Waals surface area contributed by atoms with E-state index < -0.39 is 0 Å². The number of nitrogens with zero attached hydrogens (tertiary/aromatic N) is 4. The van der Waals surface area contributed by atoms with Crippen LogP contribution >= 0.6 is 0 Å². The highest BCUT2D eigenvalue weighted by atomic mass is 16.5. The molecule has 0 aliphatic carbocycles. The highest BCUT2D eigenvalue weighted by molar-refractivity contribution is 5.77. The number of rotatable bonds is 5. The molecule has 1 fully saturated rings. The molecule has 0 radical (unpaired) electrons. The van der Waals surface area contributed by atoms with Crippen LogP contribution in [0.25, 0.3) is 11.4 Å². The Morgan fingerprint density at radius 2 is 1.92 bits per heavy atom. The summed E-state index contributed by atoms with van der Waals surface area (Å²) in [6, 6.07) is 8.16. The molecule has 0 spiro atoms. The van der Waals surface area contributed by atoms with Crippen LogP contribution in [0.1, 0.15) is 24.4 Å². The predicted octanol–water partition coefficient (Wildman–Crippen LogP) is 1.47. The van der Waals surface area contributed by atoms with Gasteiger partial charge in [-0.25, -0.2) is 0 Å². The Bertz CT molecular complexity index is 705. The molecule has 1 amide bonds. The average molecular weight is 343 g/mol. The standard InChI is InChI=1S/C18H25N5O2/c1-13-4-6-15(7-5-13)17-20-18(25-21-17)14(2)23-10-8-22(9-11-23)12-16(24)19-3/h4-7,14H,8-12H2,1-3H3,(H,19,24). The Labute approximate surface area is 148 Å². The van der Waals surface area contributed by atoms with Crippen LogP contribution in [0.15, 0.2) is 28.8 Å². The molecule has 1 unspecified atom stereocenters. The van der Waals surface area contributed by atoms with Crippen LogP contribution in [0.3, 0.4) is 0 Å². The number of aromatic nitrogens is 2. The summed E-state index contributed by atoms with van der Waals surface area (Å²) >= 11 is 0. The topological polar surface area (TPSA) is 74.5 Å². The van der Waals surface area contributed by atoms with E-state index in [2.05, 4.69) is 39.1 Å². The molecule has 1 aromatic carbocycles. The molecule has 25 heavy (non-hydrogen) atoms. The molecule has 7 nitrogen and oxygen atoms in total. The van der Waals surface area contributed by atoms with E-state index in [0.717, 1.165) is 31.7 Å². The number of carbonyl (C=O) groups excluding carboxylic acids is 1. The zero-order valence-corrected chi connectivity index (χ0v) is 15.0. The summed E-state index contributed by atoms with van der Waals surface area (Å²) in [6.07, 6.45) is 0. The Hall–Kier alpha value is -2.25. The third-order valence-corrected chi connectivity index (χ3v) is 4.71. The van der Waals surface area contributed by atoms with Crippen molar-refractivity contribution < 1.29 is 9.32 Å². The molecule has 7 heteroatoms. The van der Waals surface area contributed by atoms with Crippen molar-refractivity contribution in [2.75, 3.05) is 39.8 Å². The molecule has 1 aliphatic heterocycles. The van der Waals surface area contributed by atoms with Gasteiger partial charge in [0, 0.05) is 38.8 Å². The first-order chi connectivity index (χ1) is 12.1. The van der Waals surface area contributed by atoms with Crippen molar-refractivity contribution >= 4 is 5.91 Å². The van der Waals surface area contributed by atoms with Crippen LogP contribution in [0, 0.1) is 6.92 Å². The van der Waals surface area contributed by atoms with Crippen molar-refractivity contribution in [2.45, 2.75) is 19.9 Å². The van der Waals surface area contributed by atoms with Crippen LogP contribution in [-0.2, 0) is 4.79 Å². The molecule has 1 aliphatic rings. The SMILES string of the molecule is CNC(=O)CN1CCN(C(C)c2nc(-c3ccc(C)cc3)no2)CC1. The normalized spacial score (nSPS) is 17.4. The van der Waals surface area contributed by atoms with E-state index in [0.29, 0.717) is 18.3 Å². The highest BCUT2D eigenvalue weighted by Crippen LogP contribution is 2.23. The van der Waals surface area contributed by atoms with Gasteiger partial charge in [-0.3, -0.25) is 14.6 Å². The first kappa shape index (κ1) is 17.6. The van der Waals surface area contributed by atoms with Gasteiger partial charge in [0.2, 0.25) is 17.6 Å². The van der Waals surface area contributed by atoms with Crippen LogP contribution in [-0.4, -0.2) is 65.6 Å². The van der Waals surface area contributed by atoms with Crippen molar-refractivity contribution in [3.05, 3.63) is 35.7 Å². The minimum Gasteiger partial charge on any atom is -0.358 e. The first-order valence-corrected chi connectivity index (χ1v) is 8.64. The molecular weight excluding hydrogens is 318 g/mol. The smallest absolute Gasteiger partial charge is 0.244 e. The summed E-state index contributed by atoms with van der Waals surface area (Å²) in [5, 5.41) is 6.79. The lowest BCUT2D eigenvalue weighted by molar-refractivity contribution is -0.122. The quantitative estimate of drug-likeness (QED) is 0.886. The van der Waals surface area contributed by atoms with Crippen LogP contribution in [0.2, 0.25) is 0 Å². The van der Waals surface area contributed by atoms with Crippen LogP contribution in [0.4, 0.5) is 0 Å². The van der Waals surface area contributed by atoms with E-state index in [1.807, 2.05) is 24.3 Å². The van der Waals surface area contributed by atoms with Gasteiger partial charge in [-0.2, -0.15) is 4.98 Å². The van der Waals surface area contributed by atoms with Crippen molar-refractivity contribution in [1.29, 1.82) is 0 Å². The molecule has 3 rings (SSSR count). The second kappa shape index (κ2) is 7.76.